The Balaban J connectivity index is 2.96. The van der Waals surface area contributed by atoms with E-state index in [-0.39, 0.29) is 0 Å². The normalized spacial score (nSPS) is 26.5. The summed E-state index contributed by atoms with van der Waals surface area (Å²) in [5, 5.41) is 11.8. The second-order valence-corrected chi connectivity index (χ2v) is 7.61. The first-order chi connectivity index (χ1) is 11.8. The van der Waals surface area contributed by atoms with Gasteiger partial charge in [-0.2, -0.15) is 0 Å². The Bertz CT molecular complexity index is 782. The van der Waals surface area contributed by atoms with Gasteiger partial charge in [-0.1, -0.05) is 32.4 Å². The topological polar surface area (TPSA) is 49.4 Å². The highest BCUT2D eigenvalue weighted by molar-refractivity contribution is 5.85. The van der Waals surface area contributed by atoms with Crippen molar-refractivity contribution in [3.05, 3.63) is 46.0 Å². The van der Waals surface area contributed by atoms with E-state index in [0.29, 0.717) is 5.57 Å². The van der Waals surface area contributed by atoms with E-state index >= 15 is 0 Å². The molecule has 2 atom stereocenters. The van der Waals surface area contributed by atoms with Crippen LogP contribution in [0.2, 0.25) is 0 Å². The van der Waals surface area contributed by atoms with Crippen LogP contribution in [-0.4, -0.2) is 13.1 Å². The molecule has 0 amide bonds. The Morgan fingerprint density at radius 3 is 1.81 bits per heavy atom. The van der Waals surface area contributed by atoms with Crippen molar-refractivity contribution in [1.82, 2.24) is 0 Å². The number of hydrogen-bond donors (Lipinski definition) is 0. The van der Waals surface area contributed by atoms with Gasteiger partial charge in [0.05, 0.1) is 12.2 Å². The molecule has 1 aliphatic carbocycles. The number of hydrogen-bond acceptors (Lipinski definition) is 3. The van der Waals surface area contributed by atoms with Gasteiger partial charge in [0.25, 0.3) is 0 Å². The van der Waals surface area contributed by atoms with Crippen LogP contribution in [0.3, 0.4) is 0 Å². The maximum absolute atomic E-state index is 14.9. The molecule has 2 unspecified atom stereocenters. The molecule has 0 bridgehead atoms. The SMILES string of the molecule is COCc1c(F)c(F)c(C2(C=C(C)C)C(C)(C)C2(C)C(=O)[O-])c(F)c1F. The molecule has 1 saturated carbocycles. The number of carboxylic acid groups (broad SMARTS) is 1. The molecule has 1 aromatic rings. The summed E-state index contributed by atoms with van der Waals surface area (Å²) in [5.41, 5.74) is -6.10. The van der Waals surface area contributed by atoms with Gasteiger partial charge in [-0.3, -0.25) is 0 Å². The Morgan fingerprint density at radius 2 is 1.50 bits per heavy atom. The summed E-state index contributed by atoms with van der Waals surface area (Å²) in [6.45, 7) is 6.75. The molecule has 0 aromatic heterocycles. The van der Waals surface area contributed by atoms with Gasteiger partial charge in [0, 0.05) is 29.5 Å². The summed E-state index contributed by atoms with van der Waals surface area (Å²) in [4.78, 5) is 11.8. The summed E-state index contributed by atoms with van der Waals surface area (Å²) >= 11 is 0. The molecule has 0 saturated heterocycles. The Hall–Kier alpha value is -1.89. The Labute approximate surface area is 149 Å². The largest absolute Gasteiger partial charge is 0.549 e. The average Bonchev–Trinajstić information content (AvgIpc) is 2.91. The molecular weight excluding hydrogens is 352 g/mol. The quantitative estimate of drug-likeness (QED) is 0.452. The molecule has 144 valence electrons. The van der Waals surface area contributed by atoms with Gasteiger partial charge in [-0.05, 0) is 19.3 Å². The summed E-state index contributed by atoms with van der Waals surface area (Å²) in [7, 11) is 1.13. The van der Waals surface area contributed by atoms with Crippen molar-refractivity contribution in [2.45, 2.75) is 46.6 Å². The number of ether oxygens (including phenoxy) is 1. The Kier molecular flexibility index (Phi) is 4.77. The van der Waals surface area contributed by atoms with Gasteiger partial charge >= 0.3 is 0 Å². The molecule has 2 rings (SSSR count). The lowest BCUT2D eigenvalue weighted by molar-refractivity contribution is -0.314. The first-order valence-corrected chi connectivity index (χ1v) is 8.04. The van der Waals surface area contributed by atoms with Crippen molar-refractivity contribution in [3.8, 4) is 0 Å². The fraction of sp³-hybridized carbons (Fsp3) is 0.526. The third-order valence-electron chi connectivity index (χ3n) is 5.91. The average molecular weight is 373 g/mol. The number of allylic oxidation sites excluding steroid dienone is 2. The molecule has 26 heavy (non-hydrogen) atoms. The van der Waals surface area contributed by atoms with Crippen LogP contribution in [0.15, 0.2) is 11.6 Å². The minimum Gasteiger partial charge on any atom is -0.549 e. The zero-order valence-corrected chi connectivity index (χ0v) is 15.5. The maximum atomic E-state index is 14.9. The predicted octanol–water partition coefficient (Wildman–Crippen LogP) is 3.39. The van der Waals surface area contributed by atoms with E-state index < -0.39 is 63.2 Å². The number of rotatable bonds is 5. The highest BCUT2D eigenvalue weighted by Crippen LogP contribution is 2.79. The number of methoxy groups -OCH3 is 1. The molecule has 0 radical (unpaired) electrons. The first kappa shape index (κ1) is 20.4. The second-order valence-electron chi connectivity index (χ2n) is 7.61. The number of carbonyl (C=O) groups is 1. The van der Waals surface area contributed by atoms with E-state index in [1.54, 1.807) is 13.8 Å². The van der Waals surface area contributed by atoms with Crippen LogP contribution in [0.5, 0.6) is 0 Å². The first-order valence-electron chi connectivity index (χ1n) is 8.04. The zero-order chi connectivity index (χ0) is 20.2. The molecule has 0 aliphatic heterocycles. The lowest BCUT2D eigenvalue weighted by Crippen LogP contribution is -2.37. The smallest absolute Gasteiger partial charge is 0.167 e. The van der Waals surface area contributed by atoms with Gasteiger partial charge in [-0.15, -0.1) is 0 Å². The maximum Gasteiger partial charge on any atom is 0.167 e. The lowest BCUT2D eigenvalue weighted by atomic mass is 9.82. The van der Waals surface area contributed by atoms with Crippen LogP contribution in [0.1, 0.15) is 45.7 Å². The van der Waals surface area contributed by atoms with Crippen LogP contribution in [0.25, 0.3) is 0 Å². The summed E-state index contributed by atoms with van der Waals surface area (Å²) < 4.78 is 63.3. The van der Waals surface area contributed by atoms with E-state index in [1.807, 2.05) is 0 Å². The molecule has 0 spiro atoms. The van der Waals surface area contributed by atoms with Crippen LogP contribution >= 0.6 is 0 Å². The third-order valence-corrected chi connectivity index (χ3v) is 5.91. The van der Waals surface area contributed by atoms with Crippen LogP contribution in [-0.2, 0) is 21.6 Å². The minimum absolute atomic E-state index is 0.545. The van der Waals surface area contributed by atoms with Gasteiger partial charge in [0.15, 0.2) is 23.3 Å². The van der Waals surface area contributed by atoms with Crippen LogP contribution in [0, 0.1) is 34.1 Å². The zero-order valence-electron chi connectivity index (χ0n) is 15.5. The van der Waals surface area contributed by atoms with Crippen molar-refractivity contribution >= 4 is 5.97 Å². The van der Waals surface area contributed by atoms with Gasteiger partial charge in [0.2, 0.25) is 0 Å². The molecule has 0 N–H and O–H groups in total. The standard InChI is InChI=1S/C19H22F4O3/c1-9(2)7-19(17(3,4)18(19,5)16(24)25)11-14(22)12(20)10(8-26-6)13(21)15(11)23/h7H,8H2,1-6H3,(H,24,25)/p-1. The van der Waals surface area contributed by atoms with Gasteiger partial charge in [-0.25, -0.2) is 17.6 Å². The van der Waals surface area contributed by atoms with Crippen molar-refractivity contribution in [2.24, 2.45) is 10.8 Å². The predicted molar refractivity (Wildman–Crippen MR) is 85.0 cm³/mol. The van der Waals surface area contributed by atoms with E-state index in [2.05, 4.69) is 4.74 Å². The number of carboxylic acids is 1. The highest BCUT2D eigenvalue weighted by Gasteiger charge is 2.81. The lowest BCUT2D eigenvalue weighted by Gasteiger charge is -2.24. The molecule has 1 aliphatic rings. The van der Waals surface area contributed by atoms with E-state index in [9.17, 15) is 27.5 Å². The molecule has 3 nitrogen and oxygen atoms in total. The van der Waals surface area contributed by atoms with E-state index in [0.717, 1.165) is 7.11 Å². The number of benzene rings is 1. The van der Waals surface area contributed by atoms with Crippen molar-refractivity contribution < 1.29 is 32.2 Å². The van der Waals surface area contributed by atoms with Gasteiger partial charge in [0.1, 0.15) is 0 Å². The minimum atomic E-state index is -1.81. The summed E-state index contributed by atoms with van der Waals surface area (Å²) in [6, 6.07) is 0. The third kappa shape index (κ3) is 2.19. The van der Waals surface area contributed by atoms with Gasteiger partial charge < -0.3 is 14.6 Å². The summed E-state index contributed by atoms with van der Waals surface area (Å²) in [5.74, 6) is -7.98. The fourth-order valence-electron chi connectivity index (χ4n) is 4.24. The molecule has 7 heteroatoms. The van der Waals surface area contributed by atoms with Crippen molar-refractivity contribution in [3.63, 3.8) is 0 Å². The Morgan fingerprint density at radius 1 is 1.04 bits per heavy atom. The number of carbonyl (C=O) groups excluding carboxylic acids is 1. The number of halogens is 4. The fourth-order valence-corrected chi connectivity index (χ4v) is 4.24. The second kappa shape index (κ2) is 6.08. The molecule has 1 fully saturated rings. The molecule has 0 heterocycles. The molecule has 1 aromatic carbocycles. The monoisotopic (exact) mass is 373 g/mol. The van der Waals surface area contributed by atoms with E-state index in [4.69, 9.17) is 0 Å². The summed E-state index contributed by atoms with van der Waals surface area (Å²) in [6.07, 6.45) is 1.35. The molecular formula is C19H21F4O3-. The van der Waals surface area contributed by atoms with Crippen molar-refractivity contribution in [1.29, 1.82) is 0 Å². The highest BCUT2D eigenvalue weighted by atomic mass is 19.2. The van der Waals surface area contributed by atoms with Crippen molar-refractivity contribution in [2.75, 3.05) is 7.11 Å². The van der Waals surface area contributed by atoms with E-state index in [1.165, 1.54) is 26.8 Å². The van der Waals surface area contributed by atoms with Crippen LogP contribution in [0.4, 0.5) is 17.6 Å². The van der Waals surface area contributed by atoms with Crippen LogP contribution < -0.4 is 5.11 Å². The number of aliphatic carboxylic acids is 1.